The molecule has 4 saturated heterocycles. The summed E-state index contributed by atoms with van der Waals surface area (Å²) in [5.74, 6) is 0.650. The van der Waals surface area contributed by atoms with Gasteiger partial charge in [-0.2, -0.15) is 0 Å². The van der Waals surface area contributed by atoms with E-state index in [9.17, 15) is 9.59 Å². The van der Waals surface area contributed by atoms with Crippen LogP contribution in [0.3, 0.4) is 0 Å². The molecular weight excluding hydrogens is 380 g/mol. The van der Waals surface area contributed by atoms with E-state index in [2.05, 4.69) is 14.7 Å². The summed E-state index contributed by atoms with van der Waals surface area (Å²) in [6.45, 7) is 9.07. The Labute approximate surface area is 181 Å². The molecule has 0 aliphatic carbocycles. The number of rotatable bonds is 3. The van der Waals surface area contributed by atoms with Gasteiger partial charge in [0, 0.05) is 44.8 Å². The highest BCUT2D eigenvalue weighted by Gasteiger charge is 2.39. The van der Waals surface area contributed by atoms with Gasteiger partial charge in [0.05, 0.1) is 6.61 Å². The van der Waals surface area contributed by atoms with Crippen molar-refractivity contribution in [1.82, 2.24) is 19.6 Å². The maximum Gasteiger partial charge on any atom is 0.409 e. The Balaban J connectivity index is 1.26. The molecular formula is C23H40N4O3. The fraction of sp³-hybridized carbons (Fsp3) is 0.913. The predicted octanol–water partition coefficient (Wildman–Crippen LogP) is 3.39. The van der Waals surface area contributed by atoms with Crippen LogP contribution in [0, 0.1) is 5.92 Å². The molecule has 0 bridgehead atoms. The van der Waals surface area contributed by atoms with Gasteiger partial charge < -0.3 is 24.3 Å². The van der Waals surface area contributed by atoms with Crippen molar-refractivity contribution in [2.75, 3.05) is 52.4 Å². The molecule has 0 aromatic heterocycles. The lowest BCUT2D eigenvalue weighted by molar-refractivity contribution is 0.0804. The van der Waals surface area contributed by atoms with Gasteiger partial charge in [0.15, 0.2) is 0 Å². The van der Waals surface area contributed by atoms with Gasteiger partial charge in [0.2, 0.25) is 0 Å². The van der Waals surface area contributed by atoms with Gasteiger partial charge in [0.25, 0.3) is 0 Å². The Bertz CT molecular complexity index is 587. The monoisotopic (exact) mass is 420 g/mol. The standard InChI is InChI=1S/C23H40N4O3/c1-2-30-23(29)26-14-5-7-20(11-18-26)24-16-9-19(10-17-24)21-8-6-15-27(21)22(28)25-12-3-4-13-25/h19-21H,2-18H2,1H3. The van der Waals surface area contributed by atoms with E-state index >= 15 is 0 Å². The second kappa shape index (κ2) is 10.2. The third kappa shape index (κ3) is 4.87. The van der Waals surface area contributed by atoms with E-state index in [0.717, 1.165) is 77.9 Å². The van der Waals surface area contributed by atoms with Crippen LogP contribution in [0.4, 0.5) is 9.59 Å². The highest BCUT2D eigenvalue weighted by Crippen LogP contribution is 2.33. The van der Waals surface area contributed by atoms with Crippen LogP contribution in [-0.4, -0.2) is 96.2 Å². The average Bonchev–Trinajstić information content (AvgIpc) is 3.42. The van der Waals surface area contributed by atoms with Gasteiger partial charge in [0.1, 0.15) is 0 Å². The molecule has 4 aliphatic rings. The summed E-state index contributed by atoms with van der Waals surface area (Å²) in [6.07, 6.45) is 10.2. The topological polar surface area (TPSA) is 56.3 Å². The van der Waals surface area contributed by atoms with Gasteiger partial charge in [-0.05, 0) is 83.7 Å². The van der Waals surface area contributed by atoms with Gasteiger partial charge in [-0.25, -0.2) is 9.59 Å². The van der Waals surface area contributed by atoms with Crippen molar-refractivity contribution in [1.29, 1.82) is 0 Å². The zero-order valence-electron chi connectivity index (χ0n) is 18.8. The fourth-order valence-electron chi connectivity index (χ4n) is 6.12. The maximum absolute atomic E-state index is 13.0. The molecule has 0 radical (unpaired) electrons. The number of hydrogen-bond donors (Lipinski definition) is 0. The maximum atomic E-state index is 13.0. The Kier molecular flexibility index (Phi) is 7.39. The molecule has 3 amide bonds. The molecule has 0 N–H and O–H groups in total. The summed E-state index contributed by atoms with van der Waals surface area (Å²) >= 11 is 0. The molecule has 2 unspecified atom stereocenters. The molecule has 4 heterocycles. The van der Waals surface area contributed by atoms with Crippen LogP contribution >= 0.6 is 0 Å². The minimum absolute atomic E-state index is 0.152. The van der Waals surface area contributed by atoms with Crippen molar-refractivity contribution in [3.8, 4) is 0 Å². The highest BCUT2D eigenvalue weighted by molar-refractivity contribution is 5.75. The molecule has 4 fully saturated rings. The molecule has 4 rings (SSSR count). The number of urea groups is 1. The van der Waals surface area contributed by atoms with E-state index in [0.29, 0.717) is 30.6 Å². The van der Waals surface area contributed by atoms with Crippen LogP contribution in [0.1, 0.15) is 64.7 Å². The minimum atomic E-state index is -0.152. The molecule has 0 saturated carbocycles. The fourth-order valence-corrected chi connectivity index (χ4v) is 6.12. The smallest absolute Gasteiger partial charge is 0.409 e. The second-order valence-corrected chi connectivity index (χ2v) is 9.52. The van der Waals surface area contributed by atoms with Gasteiger partial charge in [-0.15, -0.1) is 0 Å². The number of likely N-dealkylation sites (tertiary alicyclic amines) is 4. The quantitative estimate of drug-likeness (QED) is 0.702. The lowest BCUT2D eigenvalue weighted by Crippen LogP contribution is -2.50. The number of nitrogens with zero attached hydrogens (tertiary/aromatic N) is 4. The molecule has 0 spiro atoms. The van der Waals surface area contributed by atoms with Crippen molar-refractivity contribution in [3.63, 3.8) is 0 Å². The SMILES string of the molecule is CCOC(=O)N1CCCC(N2CCC(C3CCCN3C(=O)N3CCCC3)CC2)CC1. The summed E-state index contributed by atoms with van der Waals surface area (Å²) < 4.78 is 5.19. The van der Waals surface area contributed by atoms with E-state index in [1.165, 1.54) is 25.7 Å². The predicted molar refractivity (Wildman–Crippen MR) is 116 cm³/mol. The minimum Gasteiger partial charge on any atom is -0.450 e. The van der Waals surface area contributed by atoms with Crippen LogP contribution in [0.25, 0.3) is 0 Å². The Hall–Kier alpha value is -1.50. The summed E-state index contributed by atoms with van der Waals surface area (Å²) in [6, 6.07) is 1.34. The first kappa shape index (κ1) is 21.7. The molecule has 0 aromatic rings. The van der Waals surface area contributed by atoms with Crippen molar-refractivity contribution >= 4 is 12.1 Å². The second-order valence-electron chi connectivity index (χ2n) is 9.52. The van der Waals surface area contributed by atoms with Crippen molar-refractivity contribution in [3.05, 3.63) is 0 Å². The van der Waals surface area contributed by atoms with Gasteiger partial charge in [-0.1, -0.05) is 0 Å². The van der Waals surface area contributed by atoms with Crippen LogP contribution in [0.5, 0.6) is 0 Å². The molecule has 4 aliphatic heterocycles. The third-order valence-corrected chi connectivity index (χ3v) is 7.78. The summed E-state index contributed by atoms with van der Waals surface area (Å²) in [5, 5.41) is 0. The van der Waals surface area contributed by atoms with Crippen molar-refractivity contribution in [2.24, 2.45) is 5.92 Å². The zero-order chi connectivity index (χ0) is 20.9. The summed E-state index contributed by atoms with van der Waals surface area (Å²) in [5.41, 5.74) is 0. The van der Waals surface area contributed by atoms with E-state index in [1.54, 1.807) is 0 Å². The molecule has 7 heteroatoms. The Morgan fingerprint density at radius 2 is 1.47 bits per heavy atom. The number of ether oxygens (including phenoxy) is 1. The van der Waals surface area contributed by atoms with Crippen LogP contribution < -0.4 is 0 Å². The van der Waals surface area contributed by atoms with Crippen molar-refractivity contribution < 1.29 is 14.3 Å². The first-order valence-corrected chi connectivity index (χ1v) is 12.4. The Morgan fingerprint density at radius 1 is 0.767 bits per heavy atom. The number of carbonyl (C=O) groups is 2. The molecule has 2 atom stereocenters. The molecule has 0 aromatic carbocycles. The first-order chi connectivity index (χ1) is 14.7. The summed E-state index contributed by atoms with van der Waals surface area (Å²) in [4.78, 5) is 33.9. The number of piperidine rings is 1. The number of amides is 3. The lowest BCUT2D eigenvalue weighted by Gasteiger charge is -2.41. The van der Waals surface area contributed by atoms with Crippen LogP contribution in [-0.2, 0) is 4.74 Å². The lowest BCUT2D eigenvalue weighted by atomic mass is 9.87. The van der Waals surface area contributed by atoms with Crippen molar-refractivity contribution in [2.45, 2.75) is 76.8 Å². The zero-order valence-corrected chi connectivity index (χ0v) is 18.8. The Morgan fingerprint density at radius 3 is 2.20 bits per heavy atom. The normalized spacial score (nSPS) is 29.3. The molecule has 30 heavy (non-hydrogen) atoms. The van der Waals surface area contributed by atoms with E-state index in [-0.39, 0.29) is 6.09 Å². The van der Waals surface area contributed by atoms with Gasteiger partial charge in [-0.3, -0.25) is 0 Å². The van der Waals surface area contributed by atoms with Gasteiger partial charge >= 0.3 is 12.1 Å². The van der Waals surface area contributed by atoms with E-state index in [1.807, 2.05) is 11.8 Å². The largest absolute Gasteiger partial charge is 0.450 e. The number of hydrogen-bond acceptors (Lipinski definition) is 4. The summed E-state index contributed by atoms with van der Waals surface area (Å²) in [7, 11) is 0. The number of carbonyl (C=O) groups excluding carboxylic acids is 2. The van der Waals surface area contributed by atoms with Crippen LogP contribution in [0.2, 0.25) is 0 Å². The first-order valence-electron chi connectivity index (χ1n) is 12.4. The molecule has 7 nitrogen and oxygen atoms in total. The molecule has 170 valence electrons. The highest BCUT2D eigenvalue weighted by atomic mass is 16.6. The van der Waals surface area contributed by atoms with E-state index in [4.69, 9.17) is 4.74 Å². The average molecular weight is 421 g/mol. The van der Waals surface area contributed by atoms with E-state index < -0.39 is 0 Å². The van der Waals surface area contributed by atoms with Crippen LogP contribution in [0.15, 0.2) is 0 Å². The third-order valence-electron chi connectivity index (χ3n) is 7.78.